The van der Waals surface area contributed by atoms with Gasteiger partial charge in [0.25, 0.3) is 0 Å². The topological polar surface area (TPSA) is 15.3 Å². The molecule has 0 aliphatic carbocycles. The van der Waals surface area contributed by atoms with Gasteiger partial charge in [-0.3, -0.25) is 0 Å². The van der Waals surface area contributed by atoms with Crippen LogP contribution in [0.25, 0.3) is 10.8 Å². The lowest BCUT2D eigenvalue weighted by molar-refractivity contribution is 0.795. The van der Waals surface area contributed by atoms with E-state index in [4.69, 9.17) is 0 Å². The second kappa shape index (κ2) is 3.68. The van der Waals surface area contributed by atoms with E-state index < -0.39 is 0 Å². The Kier molecular flexibility index (Phi) is 2.37. The minimum absolute atomic E-state index is 1.20. The van der Waals surface area contributed by atoms with E-state index in [1.165, 1.54) is 16.5 Å². The van der Waals surface area contributed by atoms with Crippen LogP contribution in [0.1, 0.15) is 0 Å². The Bertz CT molecular complexity index is 432. The molecule has 1 N–H and O–H groups in total. The highest BCUT2D eigenvalue weighted by Gasteiger charge is 2.02. The van der Waals surface area contributed by atoms with Crippen LogP contribution in [0.15, 0.2) is 42.5 Å². The molecule has 2 aromatic rings. The van der Waals surface area contributed by atoms with Gasteiger partial charge in [-0.15, -0.1) is 0 Å². The Balaban J connectivity index is 2.65. The normalized spacial score (nSPS) is 10.4. The zero-order valence-corrected chi connectivity index (χ0v) is 8.49. The molecule has 2 nitrogen and oxygen atoms in total. The molecule has 0 bridgehead atoms. The number of rotatable bonds is 2. The summed E-state index contributed by atoms with van der Waals surface area (Å²) in [5, 5.41) is 4.56. The lowest BCUT2D eigenvalue weighted by atomic mass is 10.1. The Morgan fingerprint density at radius 1 is 1.00 bits per heavy atom. The van der Waals surface area contributed by atoms with Crippen LogP contribution in [-0.2, 0) is 0 Å². The molecule has 2 rings (SSSR count). The number of hydrogen-bond acceptors (Lipinski definition) is 2. The van der Waals surface area contributed by atoms with E-state index in [0.29, 0.717) is 0 Å². The first-order valence-electron chi connectivity index (χ1n) is 4.72. The maximum atomic E-state index is 3.11. The summed E-state index contributed by atoms with van der Waals surface area (Å²) in [4.78, 5) is 0. The van der Waals surface area contributed by atoms with Crippen molar-refractivity contribution in [1.82, 2.24) is 5.43 Å². The molecular formula is C12H14N2. The van der Waals surface area contributed by atoms with Crippen molar-refractivity contribution in [3.63, 3.8) is 0 Å². The first kappa shape index (κ1) is 9.03. The largest absolute Gasteiger partial charge is 0.311 e. The molecule has 14 heavy (non-hydrogen) atoms. The fourth-order valence-electron chi connectivity index (χ4n) is 1.62. The minimum atomic E-state index is 1.20. The second-order valence-corrected chi connectivity index (χ2v) is 3.28. The maximum absolute atomic E-state index is 3.11. The molecule has 2 aromatic carbocycles. The van der Waals surface area contributed by atoms with Crippen LogP contribution < -0.4 is 10.4 Å². The van der Waals surface area contributed by atoms with Gasteiger partial charge >= 0.3 is 0 Å². The van der Waals surface area contributed by atoms with Crippen LogP contribution in [0, 0.1) is 0 Å². The average Bonchev–Trinajstić information content (AvgIpc) is 2.27. The Morgan fingerprint density at radius 2 is 1.71 bits per heavy atom. The zero-order valence-electron chi connectivity index (χ0n) is 8.49. The van der Waals surface area contributed by atoms with E-state index in [1.807, 2.05) is 19.1 Å². The molecule has 72 valence electrons. The number of hydrogen-bond donors (Lipinski definition) is 1. The standard InChI is InChI=1S/C12H14N2/c1-13-14(2)12-9-5-7-10-6-3-4-8-11(10)12/h3-9,13H,1-2H3. The van der Waals surface area contributed by atoms with Crippen LogP contribution in [0.3, 0.4) is 0 Å². The van der Waals surface area contributed by atoms with Gasteiger partial charge in [0.1, 0.15) is 0 Å². The Hall–Kier alpha value is -1.54. The number of fused-ring (bicyclic) bond motifs is 1. The van der Waals surface area contributed by atoms with Gasteiger partial charge in [0.05, 0.1) is 5.69 Å². The van der Waals surface area contributed by atoms with Gasteiger partial charge in [0.2, 0.25) is 0 Å². The van der Waals surface area contributed by atoms with Crippen LogP contribution >= 0.6 is 0 Å². The van der Waals surface area contributed by atoms with E-state index in [2.05, 4.69) is 47.9 Å². The predicted molar refractivity (Wildman–Crippen MR) is 61.4 cm³/mol. The highest BCUT2D eigenvalue weighted by Crippen LogP contribution is 2.24. The number of anilines is 1. The number of hydrazine groups is 1. The number of benzene rings is 2. The summed E-state index contributed by atoms with van der Waals surface area (Å²) in [6.07, 6.45) is 0. The van der Waals surface area contributed by atoms with Crippen molar-refractivity contribution in [3.05, 3.63) is 42.5 Å². The molecule has 2 heteroatoms. The summed E-state index contributed by atoms with van der Waals surface area (Å²) < 4.78 is 0. The van der Waals surface area contributed by atoms with E-state index in [-0.39, 0.29) is 0 Å². The summed E-state index contributed by atoms with van der Waals surface area (Å²) in [7, 11) is 3.93. The van der Waals surface area contributed by atoms with Gasteiger partial charge in [0.15, 0.2) is 0 Å². The van der Waals surface area contributed by atoms with Gasteiger partial charge in [-0.2, -0.15) is 0 Å². The highest BCUT2D eigenvalue weighted by molar-refractivity contribution is 5.93. The summed E-state index contributed by atoms with van der Waals surface area (Å²) in [5.41, 5.74) is 4.31. The third-order valence-electron chi connectivity index (χ3n) is 2.46. The molecule has 0 spiro atoms. The second-order valence-electron chi connectivity index (χ2n) is 3.28. The molecule has 0 heterocycles. The smallest absolute Gasteiger partial charge is 0.0594 e. The van der Waals surface area contributed by atoms with E-state index >= 15 is 0 Å². The van der Waals surface area contributed by atoms with Crippen molar-refractivity contribution in [2.45, 2.75) is 0 Å². The molecular weight excluding hydrogens is 172 g/mol. The van der Waals surface area contributed by atoms with Gasteiger partial charge in [-0.1, -0.05) is 36.4 Å². The third-order valence-corrected chi connectivity index (χ3v) is 2.46. The van der Waals surface area contributed by atoms with Crippen molar-refractivity contribution in [2.24, 2.45) is 0 Å². The predicted octanol–water partition coefficient (Wildman–Crippen LogP) is 2.41. The lowest BCUT2D eigenvalue weighted by Gasteiger charge is -2.19. The van der Waals surface area contributed by atoms with Crippen molar-refractivity contribution in [1.29, 1.82) is 0 Å². The van der Waals surface area contributed by atoms with E-state index in [0.717, 1.165) is 0 Å². The van der Waals surface area contributed by atoms with Crippen molar-refractivity contribution in [2.75, 3.05) is 19.1 Å². The van der Waals surface area contributed by atoms with Gasteiger partial charge in [-0.25, -0.2) is 5.43 Å². The first-order chi connectivity index (χ1) is 6.83. The Labute approximate surface area is 84.1 Å². The SMILES string of the molecule is CNN(C)c1cccc2ccccc12. The van der Waals surface area contributed by atoms with Crippen LogP contribution in [0.5, 0.6) is 0 Å². The molecule has 0 aromatic heterocycles. The quantitative estimate of drug-likeness (QED) is 0.724. The number of nitrogens with zero attached hydrogens (tertiary/aromatic N) is 1. The van der Waals surface area contributed by atoms with Crippen LogP contribution in [-0.4, -0.2) is 14.1 Å². The van der Waals surface area contributed by atoms with Gasteiger partial charge in [-0.05, 0) is 11.5 Å². The molecule has 0 unspecified atom stereocenters. The molecule has 0 amide bonds. The molecule has 0 radical (unpaired) electrons. The van der Waals surface area contributed by atoms with E-state index in [9.17, 15) is 0 Å². The highest BCUT2D eigenvalue weighted by atomic mass is 15.5. The van der Waals surface area contributed by atoms with Gasteiger partial charge in [0, 0.05) is 19.5 Å². The monoisotopic (exact) mass is 186 g/mol. The Morgan fingerprint density at radius 3 is 2.50 bits per heavy atom. The van der Waals surface area contributed by atoms with Crippen molar-refractivity contribution >= 4 is 16.5 Å². The minimum Gasteiger partial charge on any atom is -0.311 e. The van der Waals surface area contributed by atoms with Crippen LogP contribution in [0.4, 0.5) is 5.69 Å². The first-order valence-corrected chi connectivity index (χ1v) is 4.72. The summed E-state index contributed by atoms with van der Waals surface area (Å²) in [6, 6.07) is 14.7. The van der Waals surface area contributed by atoms with E-state index in [1.54, 1.807) is 0 Å². The van der Waals surface area contributed by atoms with Crippen molar-refractivity contribution in [3.8, 4) is 0 Å². The lowest BCUT2D eigenvalue weighted by Crippen LogP contribution is -2.30. The fraction of sp³-hybridized carbons (Fsp3) is 0.167. The zero-order chi connectivity index (χ0) is 9.97. The molecule has 0 saturated heterocycles. The molecule has 0 saturated carbocycles. The van der Waals surface area contributed by atoms with Crippen LogP contribution in [0.2, 0.25) is 0 Å². The molecule has 0 aliphatic heterocycles. The molecule has 0 aliphatic rings. The number of nitrogens with one attached hydrogen (secondary N) is 1. The average molecular weight is 186 g/mol. The van der Waals surface area contributed by atoms with Gasteiger partial charge < -0.3 is 5.01 Å². The molecule has 0 atom stereocenters. The third kappa shape index (κ3) is 1.44. The summed E-state index contributed by atoms with van der Waals surface area (Å²) in [5.74, 6) is 0. The fourth-order valence-corrected chi connectivity index (χ4v) is 1.62. The summed E-state index contributed by atoms with van der Waals surface area (Å²) >= 11 is 0. The van der Waals surface area contributed by atoms with Crippen molar-refractivity contribution < 1.29 is 0 Å². The summed E-state index contributed by atoms with van der Waals surface area (Å²) in [6.45, 7) is 0. The molecule has 0 fully saturated rings. The maximum Gasteiger partial charge on any atom is 0.0594 e.